The number of nitrogens with one attached hydrogen (secondary N) is 4. The first-order valence-electron chi connectivity index (χ1n) is 20.1. The van der Waals surface area contributed by atoms with Gasteiger partial charge in [0.15, 0.2) is 0 Å². The molecule has 3 aromatic rings. The van der Waals surface area contributed by atoms with Crippen LogP contribution in [0.25, 0.3) is 44.4 Å². The number of hydrogen-bond donors (Lipinski definition) is 6. The average molecular weight is 769 g/mol. The van der Waals surface area contributed by atoms with Crippen LogP contribution in [-0.4, -0.2) is 87.6 Å². The van der Waals surface area contributed by atoms with Crippen molar-refractivity contribution in [2.24, 2.45) is 0 Å². The fourth-order valence-corrected chi connectivity index (χ4v) is 7.62. The summed E-state index contributed by atoms with van der Waals surface area (Å²) in [6.45, 7) is 18.1. The third kappa shape index (κ3) is 9.66. The number of aromatic amines is 2. The maximum Gasteiger partial charge on any atom is 0.220 e. The molecule has 0 aromatic carbocycles. The Bertz CT molecular complexity index is 2140. The maximum atomic E-state index is 12.8. The number of rotatable bonds is 18. The second-order valence-electron chi connectivity index (χ2n) is 14.7. The molecule has 0 fully saturated rings. The van der Waals surface area contributed by atoms with Gasteiger partial charge in [0.05, 0.1) is 48.2 Å². The van der Waals surface area contributed by atoms with Gasteiger partial charge in [-0.05, 0) is 125 Å². The molecule has 0 spiro atoms. The van der Waals surface area contributed by atoms with Crippen molar-refractivity contribution in [3.63, 3.8) is 0 Å². The molecule has 0 radical (unpaired) electrons. The summed E-state index contributed by atoms with van der Waals surface area (Å²) in [6, 6.07) is 8.29. The smallest absolute Gasteiger partial charge is 0.220 e. The molecule has 2 unspecified atom stereocenters. The first-order chi connectivity index (χ1) is 26.9. The number of nitrogens with zero attached hydrogens (tertiary/aromatic N) is 2. The number of aromatic nitrogens is 4. The lowest BCUT2D eigenvalue weighted by Gasteiger charge is -2.15. The zero-order valence-corrected chi connectivity index (χ0v) is 34.4. The summed E-state index contributed by atoms with van der Waals surface area (Å²) in [4.78, 5) is 43.4. The molecule has 2 amide bonds. The van der Waals surface area contributed by atoms with Gasteiger partial charge in [0.2, 0.25) is 11.8 Å². The average Bonchev–Trinajstić information content (AvgIpc) is 3.85. The minimum atomic E-state index is -0.195. The molecule has 5 heterocycles. The van der Waals surface area contributed by atoms with Crippen molar-refractivity contribution in [2.75, 3.05) is 39.5 Å². The Morgan fingerprint density at radius 2 is 1.20 bits per heavy atom. The Morgan fingerprint density at radius 1 is 0.679 bits per heavy atom. The number of hydrogen-bond acceptors (Lipinski definition) is 8. The number of fused-ring (bicyclic) bond motifs is 8. The zero-order valence-electron chi connectivity index (χ0n) is 34.4. The third-order valence-electron chi connectivity index (χ3n) is 10.7. The van der Waals surface area contributed by atoms with Gasteiger partial charge in [0.1, 0.15) is 0 Å². The molecule has 3 aromatic heterocycles. The largest absolute Gasteiger partial charge is 0.395 e. The summed E-state index contributed by atoms with van der Waals surface area (Å²) >= 11 is 0. The molecule has 0 saturated heterocycles. The van der Waals surface area contributed by atoms with Crippen LogP contribution in [0.2, 0.25) is 0 Å². The van der Waals surface area contributed by atoms with Gasteiger partial charge in [-0.1, -0.05) is 13.8 Å². The number of carbonyl (C=O) groups excluding carboxylic acids is 2. The third-order valence-corrected chi connectivity index (χ3v) is 10.7. The van der Waals surface area contributed by atoms with E-state index in [0.717, 1.165) is 102 Å². The summed E-state index contributed by atoms with van der Waals surface area (Å²) in [7, 11) is 0. The highest BCUT2D eigenvalue weighted by Crippen LogP contribution is 2.38. The molecule has 2 atom stereocenters. The molecule has 302 valence electrons. The second kappa shape index (κ2) is 19.5. The lowest BCUT2D eigenvalue weighted by Crippen LogP contribution is -2.26. The van der Waals surface area contributed by atoms with E-state index in [4.69, 9.17) is 19.4 Å². The molecule has 2 aliphatic rings. The van der Waals surface area contributed by atoms with E-state index >= 15 is 0 Å². The zero-order chi connectivity index (χ0) is 40.5. The van der Waals surface area contributed by atoms with Gasteiger partial charge in [-0.3, -0.25) is 9.59 Å². The highest BCUT2D eigenvalue weighted by Gasteiger charge is 2.25. The SMILES string of the molecule is CCCOC(C)C1=C(C)c2cc3[nH]c(cc4nc(cc5[nH]c(cc1n2)c(C)c5C(C)OCCC)C(C)=C4CCC(=O)NCCO)c(CCC(=O)NCCO)c3C. The van der Waals surface area contributed by atoms with Crippen LogP contribution < -0.4 is 10.6 Å². The van der Waals surface area contributed by atoms with E-state index in [1.54, 1.807) is 0 Å². The van der Waals surface area contributed by atoms with Crippen molar-refractivity contribution in [1.82, 2.24) is 30.6 Å². The Kier molecular flexibility index (Phi) is 14.8. The van der Waals surface area contributed by atoms with Gasteiger partial charge in [0.25, 0.3) is 0 Å². The minimum absolute atomic E-state index is 0.125. The predicted molar refractivity (Wildman–Crippen MR) is 224 cm³/mol. The lowest BCUT2D eigenvalue weighted by molar-refractivity contribution is -0.121. The Hall–Kier alpha value is -4.62. The molecule has 0 saturated carbocycles. The summed E-state index contributed by atoms with van der Waals surface area (Å²) in [5, 5.41) is 24.1. The van der Waals surface area contributed by atoms with Crippen LogP contribution >= 0.6 is 0 Å². The second-order valence-corrected chi connectivity index (χ2v) is 14.7. The molecule has 6 N–H and O–H groups in total. The van der Waals surface area contributed by atoms with E-state index in [1.165, 1.54) is 0 Å². The number of aliphatic hydroxyl groups is 2. The standard InChI is InChI=1S/C44H60N6O6/c1-9-19-55-29(7)43-27(5)35-21-33-25(3)31(11-13-41(53)45-15-17-51)37(47-33)24-38-32(12-14-42(54)46-16-18-52)26(4)34(48-38)22-39-44(30(8)56-20-10-2)28(6)36(50-39)23-40(43)49-35/h21-24,29-30,47,50-52H,9-20H2,1-8H3,(H,45,53)(H,46,54). The van der Waals surface area contributed by atoms with Crippen LogP contribution in [0.5, 0.6) is 0 Å². The van der Waals surface area contributed by atoms with Crippen molar-refractivity contribution in [3.8, 4) is 0 Å². The van der Waals surface area contributed by atoms with Crippen LogP contribution in [0.3, 0.4) is 0 Å². The normalized spacial score (nSPS) is 14.0. The molecule has 0 aliphatic carbocycles. The predicted octanol–water partition coefficient (Wildman–Crippen LogP) is 7.03. The minimum Gasteiger partial charge on any atom is -0.395 e. The maximum absolute atomic E-state index is 12.8. The molecular formula is C44H60N6O6. The number of amides is 2. The molecule has 2 aliphatic heterocycles. The van der Waals surface area contributed by atoms with E-state index in [0.29, 0.717) is 26.1 Å². The van der Waals surface area contributed by atoms with Crippen molar-refractivity contribution in [3.05, 3.63) is 69.3 Å². The molecule has 8 bridgehead atoms. The van der Waals surface area contributed by atoms with Crippen LogP contribution in [0.15, 0.2) is 24.3 Å². The van der Waals surface area contributed by atoms with Crippen molar-refractivity contribution in [2.45, 2.75) is 106 Å². The Labute approximate surface area is 330 Å². The quantitative estimate of drug-likeness (QED) is 0.0801. The molecule has 12 nitrogen and oxygen atoms in total. The fraction of sp³-hybridized carbons (Fsp3) is 0.500. The summed E-state index contributed by atoms with van der Waals surface area (Å²) < 4.78 is 12.6. The van der Waals surface area contributed by atoms with Crippen molar-refractivity contribution >= 4 is 56.2 Å². The molecule has 56 heavy (non-hydrogen) atoms. The monoisotopic (exact) mass is 768 g/mol. The van der Waals surface area contributed by atoms with Crippen molar-refractivity contribution in [1.29, 1.82) is 0 Å². The van der Waals surface area contributed by atoms with Crippen LogP contribution in [0, 0.1) is 13.8 Å². The number of ether oxygens (including phenoxy) is 2. The lowest BCUT2D eigenvalue weighted by atomic mass is 9.99. The summed E-state index contributed by atoms with van der Waals surface area (Å²) in [6.07, 6.45) is 2.79. The van der Waals surface area contributed by atoms with Gasteiger partial charge in [-0.25, -0.2) is 9.97 Å². The number of H-pyrrole nitrogens is 2. The van der Waals surface area contributed by atoms with Crippen molar-refractivity contribution < 1.29 is 29.3 Å². The van der Waals surface area contributed by atoms with E-state index < -0.39 is 0 Å². The topological polar surface area (TPSA) is 174 Å². The number of carbonyl (C=O) groups is 2. The first kappa shape index (κ1) is 42.5. The van der Waals surface area contributed by atoms with Gasteiger partial charge < -0.3 is 40.3 Å². The highest BCUT2D eigenvalue weighted by atomic mass is 16.5. The number of aliphatic hydroxyl groups excluding tert-OH is 2. The Balaban J connectivity index is 1.85. The summed E-state index contributed by atoms with van der Waals surface area (Å²) in [5.41, 5.74) is 14.7. The molecule has 12 heteroatoms. The van der Waals surface area contributed by atoms with E-state index in [-0.39, 0.29) is 63.2 Å². The highest BCUT2D eigenvalue weighted by molar-refractivity contribution is 5.96. The first-order valence-corrected chi connectivity index (χ1v) is 20.1. The van der Waals surface area contributed by atoms with E-state index in [1.807, 2.05) is 13.0 Å². The summed E-state index contributed by atoms with van der Waals surface area (Å²) in [5.74, 6) is -0.289. The molecule has 5 rings (SSSR count). The fourth-order valence-electron chi connectivity index (χ4n) is 7.62. The van der Waals surface area contributed by atoms with E-state index in [2.05, 4.69) is 87.3 Å². The van der Waals surface area contributed by atoms with Gasteiger partial charge in [-0.15, -0.1) is 0 Å². The number of aryl methyl sites for hydroxylation is 3. The Morgan fingerprint density at radius 3 is 1.84 bits per heavy atom. The molecular weight excluding hydrogens is 709 g/mol. The van der Waals surface area contributed by atoms with Gasteiger partial charge in [0, 0.05) is 72.3 Å². The van der Waals surface area contributed by atoms with Gasteiger partial charge >= 0.3 is 0 Å². The number of allylic oxidation sites excluding steroid dienone is 3. The van der Waals surface area contributed by atoms with Crippen LogP contribution in [-0.2, 0) is 25.5 Å². The van der Waals surface area contributed by atoms with Crippen LogP contribution in [0.1, 0.15) is 125 Å². The van der Waals surface area contributed by atoms with Gasteiger partial charge in [-0.2, -0.15) is 0 Å². The van der Waals surface area contributed by atoms with Crippen LogP contribution in [0.4, 0.5) is 0 Å². The van der Waals surface area contributed by atoms with E-state index in [9.17, 15) is 19.8 Å².